The van der Waals surface area contributed by atoms with Crippen molar-refractivity contribution in [1.82, 2.24) is 0 Å². The molecule has 13 heavy (non-hydrogen) atoms. The summed E-state index contributed by atoms with van der Waals surface area (Å²) < 4.78 is 0. The molecule has 0 aliphatic heterocycles. The highest BCUT2D eigenvalue weighted by atomic mass is 32.1. The first kappa shape index (κ1) is 13.1. The van der Waals surface area contributed by atoms with Crippen LogP contribution in [0.4, 0.5) is 0 Å². The Bertz CT molecular complexity index is 129. The van der Waals surface area contributed by atoms with Crippen LogP contribution in [0.1, 0.15) is 53.4 Å². The Morgan fingerprint density at radius 1 is 1.23 bits per heavy atom. The van der Waals surface area contributed by atoms with Gasteiger partial charge in [-0.05, 0) is 36.0 Å². The van der Waals surface area contributed by atoms with Crippen molar-refractivity contribution in [2.45, 2.75) is 53.4 Å². The molecule has 0 fully saturated rings. The van der Waals surface area contributed by atoms with Crippen LogP contribution in [0.5, 0.6) is 0 Å². The average Bonchev–Trinajstić information content (AvgIpc) is 2.04. The molecule has 1 heteroatoms. The number of hydrogen-bond acceptors (Lipinski definition) is 1. The smallest absolute Gasteiger partial charge is 0.0103 e. The molecule has 2 unspecified atom stereocenters. The van der Waals surface area contributed by atoms with Crippen molar-refractivity contribution in [3.05, 3.63) is 0 Å². The second-order valence-corrected chi connectivity index (χ2v) is 4.82. The molecule has 0 amide bonds. The number of rotatable bonds is 7. The lowest BCUT2D eigenvalue weighted by Gasteiger charge is -2.21. The van der Waals surface area contributed by atoms with Crippen LogP contribution in [0.2, 0.25) is 0 Å². The molecule has 0 radical (unpaired) electrons. The minimum absolute atomic E-state index is 0.664. The number of thiocarbonyl (C=S) groups is 1. The van der Waals surface area contributed by atoms with Gasteiger partial charge >= 0.3 is 0 Å². The summed E-state index contributed by atoms with van der Waals surface area (Å²) in [6.45, 7) is 9.16. The zero-order valence-electron chi connectivity index (χ0n) is 9.55. The van der Waals surface area contributed by atoms with Crippen LogP contribution in [-0.4, -0.2) is 5.37 Å². The Labute approximate surface area is 89.1 Å². The van der Waals surface area contributed by atoms with E-state index in [-0.39, 0.29) is 0 Å². The first-order valence-electron chi connectivity index (χ1n) is 5.57. The third-order valence-corrected chi connectivity index (χ3v) is 2.99. The first-order valence-corrected chi connectivity index (χ1v) is 6.04. The van der Waals surface area contributed by atoms with E-state index in [1.165, 1.54) is 25.7 Å². The molecule has 0 aromatic heterocycles. The average molecular weight is 200 g/mol. The van der Waals surface area contributed by atoms with Crippen molar-refractivity contribution in [2.24, 2.45) is 17.8 Å². The minimum Gasteiger partial charge on any atom is -0.0932 e. The summed E-state index contributed by atoms with van der Waals surface area (Å²) in [6, 6.07) is 0. The molecule has 0 N–H and O–H groups in total. The van der Waals surface area contributed by atoms with E-state index >= 15 is 0 Å². The van der Waals surface area contributed by atoms with Crippen LogP contribution in [0, 0.1) is 17.8 Å². The van der Waals surface area contributed by atoms with E-state index in [2.05, 4.69) is 27.7 Å². The minimum atomic E-state index is 0.664. The maximum Gasteiger partial charge on any atom is -0.0103 e. The monoisotopic (exact) mass is 200 g/mol. The Kier molecular flexibility index (Phi) is 7.54. The Morgan fingerprint density at radius 3 is 2.23 bits per heavy atom. The molecular formula is C12H24S. The quantitative estimate of drug-likeness (QED) is 0.546. The van der Waals surface area contributed by atoms with Gasteiger partial charge in [-0.3, -0.25) is 0 Å². The van der Waals surface area contributed by atoms with Crippen LogP contribution < -0.4 is 0 Å². The van der Waals surface area contributed by atoms with Crippen molar-refractivity contribution in [1.29, 1.82) is 0 Å². The molecule has 0 bridgehead atoms. The molecular weight excluding hydrogens is 176 g/mol. The van der Waals surface area contributed by atoms with Gasteiger partial charge in [-0.15, -0.1) is 0 Å². The molecule has 0 rings (SSSR count). The Hall–Kier alpha value is 0.0900. The van der Waals surface area contributed by atoms with Gasteiger partial charge in [-0.1, -0.05) is 52.8 Å². The largest absolute Gasteiger partial charge is 0.0932 e. The van der Waals surface area contributed by atoms with E-state index < -0.39 is 0 Å². The second kappa shape index (κ2) is 7.49. The van der Waals surface area contributed by atoms with E-state index in [9.17, 15) is 0 Å². The molecule has 0 nitrogen and oxygen atoms in total. The number of unbranched alkanes of at least 4 members (excludes halogenated alkanes) is 1. The van der Waals surface area contributed by atoms with E-state index in [1.807, 2.05) is 5.37 Å². The van der Waals surface area contributed by atoms with Gasteiger partial charge in [0.1, 0.15) is 0 Å². The van der Waals surface area contributed by atoms with E-state index in [1.54, 1.807) is 0 Å². The fourth-order valence-corrected chi connectivity index (χ4v) is 2.25. The normalized spacial score (nSPS) is 15.8. The van der Waals surface area contributed by atoms with Gasteiger partial charge in [-0.25, -0.2) is 0 Å². The lowest BCUT2D eigenvalue weighted by molar-refractivity contribution is 0.354. The topological polar surface area (TPSA) is 0 Å². The van der Waals surface area contributed by atoms with Gasteiger partial charge in [0.15, 0.2) is 0 Å². The van der Waals surface area contributed by atoms with Crippen LogP contribution in [0.15, 0.2) is 0 Å². The molecule has 0 heterocycles. The summed E-state index contributed by atoms with van der Waals surface area (Å²) in [4.78, 5) is 0. The van der Waals surface area contributed by atoms with Crippen molar-refractivity contribution in [2.75, 3.05) is 0 Å². The highest BCUT2D eigenvalue weighted by Gasteiger charge is 2.14. The third kappa shape index (κ3) is 6.20. The summed E-state index contributed by atoms with van der Waals surface area (Å²) in [5.74, 6) is 2.23. The summed E-state index contributed by atoms with van der Waals surface area (Å²) in [7, 11) is 0. The summed E-state index contributed by atoms with van der Waals surface area (Å²) >= 11 is 5.09. The van der Waals surface area contributed by atoms with Crippen LogP contribution in [-0.2, 0) is 0 Å². The molecule has 0 aromatic rings. The van der Waals surface area contributed by atoms with Gasteiger partial charge in [0, 0.05) is 0 Å². The lowest BCUT2D eigenvalue weighted by Crippen LogP contribution is -2.14. The molecule has 2 atom stereocenters. The standard InChI is InChI=1S/C12H24S/c1-5-6-7-12(9-13)11(4)8-10(2)3/h9-12H,5-8H2,1-4H3. The molecule has 0 saturated heterocycles. The highest BCUT2D eigenvalue weighted by molar-refractivity contribution is 7.79. The fraction of sp³-hybridized carbons (Fsp3) is 0.917. The SMILES string of the molecule is CCCCC(C=S)C(C)CC(C)C. The summed E-state index contributed by atoms with van der Waals surface area (Å²) in [6.07, 6.45) is 5.20. The van der Waals surface area contributed by atoms with Crippen molar-refractivity contribution < 1.29 is 0 Å². The van der Waals surface area contributed by atoms with Crippen LogP contribution in [0.3, 0.4) is 0 Å². The number of hydrogen-bond donors (Lipinski definition) is 0. The molecule has 0 aliphatic rings. The fourth-order valence-electron chi connectivity index (χ4n) is 1.84. The molecule has 0 spiro atoms. The van der Waals surface area contributed by atoms with Gasteiger partial charge in [-0.2, -0.15) is 0 Å². The predicted molar refractivity (Wildman–Crippen MR) is 65.3 cm³/mol. The maximum atomic E-state index is 5.09. The van der Waals surface area contributed by atoms with Crippen LogP contribution >= 0.6 is 12.2 Å². The Balaban J connectivity index is 3.84. The third-order valence-electron chi connectivity index (χ3n) is 2.64. The van der Waals surface area contributed by atoms with E-state index in [0.29, 0.717) is 5.92 Å². The maximum absolute atomic E-state index is 5.09. The van der Waals surface area contributed by atoms with Crippen molar-refractivity contribution >= 4 is 17.6 Å². The summed E-state index contributed by atoms with van der Waals surface area (Å²) in [5.41, 5.74) is 0. The van der Waals surface area contributed by atoms with E-state index in [0.717, 1.165) is 11.8 Å². The molecule has 0 saturated carbocycles. The van der Waals surface area contributed by atoms with E-state index in [4.69, 9.17) is 12.2 Å². The molecule has 78 valence electrons. The predicted octanol–water partition coefficient (Wildman–Crippen LogP) is 4.47. The second-order valence-electron chi connectivity index (χ2n) is 4.55. The van der Waals surface area contributed by atoms with Crippen LogP contribution in [0.25, 0.3) is 0 Å². The Morgan fingerprint density at radius 2 is 1.85 bits per heavy atom. The first-order chi connectivity index (χ1) is 6.11. The molecule has 0 aliphatic carbocycles. The van der Waals surface area contributed by atoms with Gasteiger partial charge in [0.05, 0.1) is 0 Å². The van der Waals surface area contributed by atoms with Crippen molar-refractivity contribution in [3.63, 3.8) is 0 Å². The lowest BCUT2D eigenvalue weighted by atomic mass is 9.85. The zero-order valence-corrected chi connectivity index (χ0v) is 10.4. The summed E-state index contributed by atoms with van der Waals surface area (Å²) in [5, 5.41) is 1.99. The van der Waals surface area contributed by atoms with Gasteiger partial charge in [0.2, 0.25) is 0 Å². The van der Waals surface area contributed by atoms with Gasteiger partial charge < -0.3 is 0 Å². The van der Waals surface area contributed by atoms with Crippen molar-refractivity contribution in [3.8, 4) is 0 Å². The molecule has 0 aromatic carbocycles. The van der Waals surface area contributed by atoms with Gasteiger partial charge in [0.25, 0.3) is 0 Å². The zero-order chi connectivity index (χ0) is 10.3. The highest BCUT2D eigenvalue weighted by Crippen LogP contribution is 2.23.